The van der Waals surface area contributed by atoms with Crippen molar-refractivity contribution >= 4 is 28.9 Å². The Labute approximate surface area is 137 Å². The van der Waals surface area contributed by atoms with Crippen LogP contribution in [-0.2, 0) is 6.54 Å². The number of hydrogen-bond acceptors (Lipinski definition) is 6. The first-order valence-electron chi connectivity index (χ1n) is 6.83. The van der Waals surface area contributed by atoms with Crippen molar-refractivity contribution in [2.75, 3.05) is 13.1 Å². The van der Waals surface area contributed by atoms with Crippen molar-refractivity contribution in [1.82, 2.24) is 20.8 Å². The van der Waals surface area contributed by atoms with Gasteiger partial charge >= 0.3 is 0 Å². The number of aliphatic hydroxyl groups is 1. The molecule has 9 heteroatoms. The molecule has 0 aliphatic heterocycles. The lowest BCUT2D eigenvalue weighted by molar-refractivity contribution is 0.184. The maximum absolute atomic E-state index is 10.1. The Balaban J connectivity index is 1.90. The third-order valence-corrected chi connectivity index (χ3v) is 4.01. The molecule has 0 amide bonds. The molecular formula is C13H18ClN5O2S. The average Bonchev–Trinajstić information content (AvgIpc) is 3.10. The van der Waals surface area contributed by atoms with Gasteiger partial charge in [-0.15, -0.1) is 11.3 Å². The van der Waals surface area contributed by atoms with Crippen LogP contribution >= 0.6 is 22.9 Å². The molecule has 0 radical (unpaired) electrons. The number of halogens is 1. The molecule has 0 aromatic carbocycles. The van der Waals surface area contributed by atoms with Gasteiger partial charge in [0.25, 0.3) is 0 Å². The minimum absolute atomic E-state index is 0.299. The number of rotatable bonds is 6. The Bertz CT molecular complexity index is 627. The lowest BCUT2D eigenvalue weighted by Gasteiger charge is -2.14. The normalized spacial score (nSPS) is 13.2. The van der Waals surface area contributed by atoms with Gasteiger partial charge in [0.15, 0.2) is 11.8 Å². The van der Waals surface area contributed by atoms with Gasteiger partial charge in [-0.25, -0.2) is 4.99 Å². The van der Waals surface area contributed by atoms with Gasteiger partial charge in [-0.1, -0.05) is 16.8 Å². The van der Waals surface area contributed by atoms with Gasteiger partial charge < -0.3 is 20.3 Å². The number of nitrogens with one attached hydrogen (secondary N) is 2. The fourth-order valence-electron chi connectivity index (χ4n) is 1.70. The lowest BCUT2D eigenvalue weighted by atomic mass is 10.3. The quantitative estimate of drug-likeness (QED) is 0.547. The van der Waals surface area contributed by atoms with E-state index in [1.807, 2.05) is 13.0 Å². The van der Waals surface area contributed by atoms with E-state index in [0.717, 1.165) is 4.88 Å². The van der Waals surface area contributed by atoms with Gasteiger partial charge in [-0.3, -0.25) is 0 Å². The van der Waals surface area contributed by atoms with E-state index in [-0.39, 0.29) is 0 Å². The van der Waals surface area contributed by atoms with E-state index in [4.69, 9.17) is 16.1 Å². The Hall–Kier alpha value is -1.64. The molecule has 0 saturated heterocycles. The van der Waals surface area contributed by atoms with Crippen LogP contribution in [0.3, 0.4) is 0 Å². The highest BCUT2D eigenvalue weighted by Gasteiger charge is 2.11. The molecule has 22 heavy (non-hydrogen) atoms. The number of aromatic nitrogens is 2. The maximum atomic E-state index is 10.1. The minimum atomic E-state index is -0.645. The summed E-state index contributed by atoms with van der Waals surface area (Å²) in [5.74, 6) is 1.60. The molecule has 0 bridgehead atoms. The molecule has 7 nitrogen and oxygen atoms in total. The summed E-state index contributed by atoms with van der Waals surface area (Å²) in [5, 5.41) is 20.1. The standard InChI is InChI=1S/C13H18ClN5O2S/c1-3-15-13(17-7-12-18-8(2)21-19-12)16-6-9(20)10-4-5-11(14)22-10/h4-5,9,20H,3,6-7H2,1-2H3,(H2,15,16,17). The zero-order chi connectivity index (χ0) is 15.9. The fourth-order valence-corrected chi connectivity index (χ4v) is 2.75. The summed E-state index contributed by atoms with van der Waals surface area (Å²) in [5.41, 5.74) is 0. The van der Waals surface area contributed by atoms with Gasteiger partial charge in [0.1, 0.15) is 12.6 Å². The molecule has 0 fully saturated rings. The molecule has 120 valence electrons. The number of guanidine groups is 1. The molecule has 2 rings (SSSR count). The number of nitrogens with zero attached hydrogens (tertiary/aromatic N) is 3. The monoisotopic (exact) mass is 343 g/mol. The van der Waals surface area contributed by atoms with Crippen molar-refractivity contribution in [3.63, 3.8) is 0 Å². The zero-order valence-corrected chi connectivity index (χ0v) is 13.9. The van der Waals surface area contributed by atoms with Crippen LogP contribution in [0.15, 0.2) is 21.6 Å². The molecule has 3 N–H and O–H groups in total. The molecule has 1 unspecified atom stereocenters. The van der Waals surface area contributed by atoms with E-state index < -0.39 is 6.10 Å². The second-order valence-corrected chi connectivity index (χ2v) is 6.21. The summed E-state index contributed by atoms with van der Waals surface area (Å²) in [7, 11) is 0. The van der Waals surface area contributed by atoms with Gasteiger partial charge in [0.2, 0.25) is 5.89 Å². The Morgan fingerprint density at radius 2 is 2.32 bits per heavy atom. The Kier molecular flexibility index (Phi) is 6.17. The molecule has 1 atom stereocenters. The first-order valence-corrected chi connectivity index (χ1v) is 8.02. The minimum Gasteiger partial charge on any atom is -0.386 e. The molecule has 0 saturated carbocycles. The Morgan fingerprint density at radius 1 is 1.50 bits per heavy atom. The van der Waals surface area contributed by atoms with Crippen molar-refractivity contribution in [2.24, 2.45) is 4.99 Å². The Morgan fingerprint density at radius 3 is 2.91 bits per heavy atom. The largest absolute Gasteiger partial charge is 0.386 e. The summed E-state index contributed by atoms with van der Waals surface area (Å²) in [6.45, 7) is 5.02. The molecular weight excluding hydrogens is 326 g/mol. The van der Waals surface area contributed by atoms with Crippen molar-refractivity contribution < 1.29 is 9.63 Å². The van der Waals surface area contributed by atoms with Gasteiger partial charge in [-0.2, -0.15) is 4.98 Å². The summed E-state index contributed by atoms with van der Waals surface area (Å²) in [6.07, 6.45) is -0.645. The molecule has 0 aliphatic rings. The predicted octanol–water partition coefficient (Wildman–Crippen LogP) is 1.88. The lowest BCUT2D eigenvalue weighted by Crippen LogP contribution is -2.39. The van der Waals surface area contributed by atoms with Crippen LogP contribution in [0.25, 0.3) is 0 Å². The van der Waals surface area contributed by atoms with Crippen LogP contribution in [-0.4, -0.2) is 34.3 Å². The SMILES string of the molecule is CCNC(=NCc1noc(C)n1)NCC(O)c1ccc(Cl)s1. The van der Waals surface area contributed by atoms with Crippen molar-refractivity contribution in [3.8, 4) is 0 Å². The smallest absolute Gasteiger partial charge is 0.223 e. The van der Waals surface area contributed by atoms with Crippen molar-refractivity contribution in [2.45, 2.75) is 26.5 Å². The summed E-state index contributed by atoms with van der Waals surface area (Å²) in [6, 6.07) is 3.58. The molecule has 2 heterocycles. The first kappa shape index (κ1) is 16.7. The van der Waals surface area contributed by atoms with Gasteiger partial charge in [0.05, 0.1) is 4.34 Å². The summed E-state index contributed by atoms with van der Waals surface area (Å²) >= 11 is 7.22. The fraction of sp³-hybridized carbons (Fsp3) is 0.462. The van der Waals surface area contributed by atoms with E-state index in [0.29, 0.717) is 41.6 Å². The second-order valence-electron chi connectivity index (χ2n) is 4.46. The number of aliphatic imine (C=N–C) groups is 1. The third-order valence-electron chi connectivity index (χ3n) is 2.68. The van der Waals surface area contributed by atoms with E-state index >= 15 is 0 Å². The second kappa shape index (κ2) is 8.11. The highest BCUT2D eigenvalue weighted by atomic mass is 35.5. The average molecular weight is 344 g/mol. The van der Waals surface area contributed by atoms with Crippen molar-refractivity contribution in [3.05, 3.63) is 33.1 Å². The maximum Gasteiger partial charge on any atom is 0.223 e. The van der Waals surface area contributed by atoms with Gasteiger partial charge in [0, 0.05) is 24.9 Å². The molecule has 0 aliphatic carbocycles. The van der Waals surface area contributed by atoms with E-state index in [2.05, 4.69) is 25.8 Å². The highest BCUT2D eigenvalue weighted by Crippen LogP contribution is 2.26. The topological polar surface area (TPSA) is 95.6 Å². The van der Waals surface area contributed by atoms with Crippen LogP contribution in [0.2, 0.25) is 4.34 Å². The van der Waals surface area contributed by atoms with Crippen molar-refractivity contribution in [1.29, 1.82) is 0 Å². The van der Waals surface area contributed by atoms with Crippen LogP contribution in [0.5, 0.6) is 0 Å². The van der Waals surface area contributed by atoms with Crippen LogP contribution in [0, 0.1) is 6.92 Å². The molecule has 0 spiro atoms. The first-order chi connectivity index (χ1) is 10.6. The molecule has 2 aromatic heterocycles. The number of hydrogen-bond donors (Lipinski definition) is 3. The third kappa shape index (κ3) is 4.97. The summed E-state index contributed by atoms with van der Waals surface area (Å²) < 4.78 is 5.55. The zero-order valence-electron chi connectivity index (χ0n) is 12.3. The van der Waals surface area contributed by atoms with E-state index in [1.54, 1.807) is 13.0 Å². The number of aliphatic hydroxyl groups excluding tert-OH is 1. The molecule has 2 aromatic rings. The predicted molar refractivity (Wildman–Crippen MR) is 86.1 cm³/mol. The van der Waals surface area contributed by atoms with E-state index in [9.17, 15) is 5.11 Å². The van der Waals surface area contributed by atoms with Crippen LogP contribution in [0.4, 0.5) is 0 Å². The van der Waals surface area contributed by atoms with Gasteiger partial charge in [-0.05, 0) is 19.1 Å². The summed E-state index contributed by atoms with van der Waals surface area (Å²) in [4.78, 5) is 9.24. The van der Waals surface area contributed by atoms with Crippen LogP contribution in [0.1, 0.15) is 29.6 Å². The number of aryl methyl sites for hydroxylation is 1. The van der Waals surface area contributed by atoms with E-state index in [1.165, 1.54) is 11.3 Å². The number of thiophene rings is 1. The highest BCUT2D eigenvalue weighted by molar-refractivity contribution is 7.16. The van der Waals surface area contributed by atoms with Crippen LogP contribution < -0.4 is 10.6 Å².